The molecule has 1 aliphatic carbocycles. The zero-order valence-electron chi connectivity index (χ0n) is 17.1. The van der Waals surface area contributed by atoms with Gasteiger partial charge in [-0.2, -0.15) is 0 Å². The summed E-state index contributed by atoms with van der Waals surface area (Å²) in [6, 6.07) is 17.3. The summed E-state index contributed by atoms with van der Waals surface area (Å²) >= 11 is 5.77. The maximum absolute atomic E-state index is 11.5. The molecule has 0 bridgehead atoms. The number of alkyl halides is 1. The second-order valence-electron chi connectivity index (χ2n) is 7.91. The van der Waals surface area contributed by atoms with Crippen LogP contribution in [0.4, 0.5) is 0 Å². The number of halogens is 2. The molecule has 1 aliphatic heterocycles. The van der Waals surface area contributed by atoms with Gasteiger partial charge in [-0.15, -0.1) is 0 Å². The van der Waals surface area contributed by atoms with Gasteiger partial charge in [-0.25, -0.2) is 0 Å². The van der Waals surface area contributed by atoms with Crippen LogP contribution in [0, 0.1) is 0 Å². The summed E-state index contributed by atoms with van der Waals surface area (Å²) < 4.78 is 19.7. The molecule has 2 fully saturated rings. The van der Waals surface area contributed by atoms with E-state index in [9.17, 15) is 5.11 Å². The van der Waals surface area contributed by atoms with Crippen LogP contribution >= 0.6 is 11.6 Å². The third-order valence-corrected chi connectivity index (χ3v) is 7.97. The quantitative estimate of drug-likeness (QED) is 0.393. The van der Waals surface area contributed by atoms with Gasteiger partial charge in [0.2, 0.25) is 0 Å². The molecule has 0 atom stereocenters. The Morgan fingerprint density at radius 1 is 1.06 bits per heavy atom. The molecule has 8 heteroatoms. The molecule has 1 saturated heterocycles. The molecule has 0 radical (unpaired) electrons. The van der Waals surface area contributed by atoms with Crippen LogP contribution in [0.5, 0.6) is 5.75 Å². The van der Waals surface area contributed by atoms with Crippen molar-refractivity contribution in [2.45, 2.75) is 37.1 Å². The molecular weight excluding hydrogens is 531 g/mol. The van der Waals surface area contributed by atoms with Crippen molar-refractivity contribution < 1.29 is 39.3 Å². The molecular formula is C23H23ClIN2O4-. The van der Waals surface area contributed by atoms with Gasteiger partial charge in [-0.1, -0.05) is 11.6 Å². The number of methoxy groups -OCH3 is 1. The van der Waals surface area contributed by atoms with Crippen molar-refractivity contribution in [1.82, 2.24) is 9.78 Å². The van der Waals surface area contributed by atoms with Crippen molar-refractivity contribution in [3.05, 3.63) is 65.3 Å². The molecule has 1 saturated carbocycles. The fraction of sp³-hybridized carbons (Fsp3) is 0.348. The first-order valence-corrected chi connectivity index (χ1v) is 12.9. The van der Waals surface area contributed by atoms with Crippen molar-refractivity contribution >= 4 is 11.6 Å². The van der Waals surface area contributed by atoms with E-state index in [4.69, 9.17) is 29.2 Å². The van der Waals surface area contributed by atoms with Gasteiger partial charge in [0.05, 0.1) is 7.11 Å². The van der Waals surface area contributed by atoms with E-state index in [1.807, 2.05) is 59.3 Å². The molecule has 1 aromatic heterocycles. The second-order valence-corrected chi connectivity index (χ2v) is 10.0. The molecule has 3 aromatic rings. The predicted octanol–water partition coefficient (Wildman–Crippen LogP) is 1.67. The second kappa shape index (κ2) is 8.37. The molecule has 5 rings (SSSR count). The van der Waals surface area contributed by atoms with Gasteiger partial charge < -0.3 is 4.74 Å². The summed E-state index contributed by atoms with van der Waals surface area (Å²) in [5.74, 6) is 0.289. The molecule has 0 amide bonds. The van der Waals surface area contributed by atoms with Crippen LogP contribution in [-0.4, -0.2) is 32.4 Å². The van der Waals surface area contributed by atoms with E-state index in [-0.39, 0.29) is 21.6 Å². The Balaban J connectivity index is 1.53. The SMILES string of the molecule is COc1ccc(-n2nc(C3(O)CCC4(CC3)OC[I-]O4)cc2-c2ccc(Cl)cc2)cc1. The molecule has 2 aliphatic rings. The number of hydrogen-bond donors (Lipinski definition) is 1. The molecule has 2 heterocycles. The van der Waals surface area contributed by atoms with Gasteiger partial charge in [0, 0.05) is 0 Å². The van der Waals surface area contributed by atoms with Crippen LogP contribution in [0.2, 0.25) is 5.02 Å². The Morgan fingerprint density at radius 3 is 2.39 bits per heavy atom. The monoisotopic (exact) mass is 553 g/mol. The van der Waals surface area contributed by atoms with Crippen LogP contribution < -0.4 is 26.4 Å². The molecule has 31 heavy (non-hydrogen) atoms. The third kappa shape index (κ3) is 4.09. The third-order valence-electron chi connectivity index (χ3n) is 6.04. The number of ether oxygens (including phenoxy) is 2. The van der Waals surface area contributed by atoms with Gasteiger partial charge in [-0.05, 0) is 0 Å². The minimum atomic E-state index is -1.02. The zero-order valence-corrected chi connectivity index (χ0v) is 20.0. The maximum atomic E-state index is 11.5. The van der Waals surface area contributed by atoms with Crippen molar-refractivity contribution in [2.24, 2.45) is 0 Å². The van der Waals surface area contributed by atoms with Gasteiger partial charge in [0.15, 0.2) is 0 Å². The standard InChI is InChI=1S/C23H23ClIN2O4/c1-29-19-8-6-18(7-9-19)27-20(16-2-4-17(24)5-3-16)14-21(26-27)22(28)10-12-23(13-11-22)30-15-25-31-23/h2-9,14,28H,10-13,15H2,1H3/q-1. The van der Waals surface area contributed by atoms with Crippen LogP contribution in [-0.2, 0) is 13.4 Å². The van der Waals surface area contributed by atoms with E-state index in [1.165, 1.54) is 0 Å². The van der Waals surface area contributed by atoms with Crippen LogP contribution in [0.3, 0.4) is 0 Å². The average molecular weight is 554 g/mol. The van der Waals surface area contributed by atoms with Gasteiger partial charge in [0.1, 0.15) is 0 Å². The first kappa shape index (κ1) is 21.2. The Hall–Kier alpha value is -1.65. The number of aliphatic hydroxyl groups is 1. The fourth-order valence-corrected chi connectivity index (χ4v) is 6.23. The fourth-order valence-electron chi connectivity index (χ4n) is 4.14. The molecule has 2 aromatic carbocycles. The Labute approximate surface area is 196 Å². The first-order valence-electron chi connectivity index (χ1n) is 10.1. The number of benzene rings is 2. The summed E-state index contributed by atoms with van der Waals surface area (Å²) in [6.07, 6.45) is 2.45. The van der Waals surface area contributed by atoms with Crippen molar-refractivity contribution in [1.29, 1.82) is 0 Å². The minimum absolute atomic E-state index is 0.334. The Kier molecular flexibility index (Phi) is 5.72. The first-order chi connectivity index (χ1) is 15.0. The molecule has 1 N–H and O–H groups in total. The predicted molar refractivity (Wildman–Crippen MR) is 113 cm³/mol. The van der Waals surface area contributed by atoms with Crippen molar-refractivity contribution in [3.63, 3.8) is 0 Å². The Morgan fingerprint density at radius 2 is 1.77 bits per heavy atom. The van der Waals surface area contributed by atoms with Crippen molar-refractivity contribution in [2.75, 3.05) is 11.7 Å². The van der Waals surface area contributed by atoms with Gasteiger partial charge in [0.25, 0.3) is 0 Å². The Bertz CT molecular complexity index is 1050. The number of rotatable bonds is 4. The number of nitrogens with zero attached hydrogens (tertiary/aromatic N) is 2. The summed E-state index contributed by atoms with van der Waals surface area (Å²) in [6.45, 7) is 0. The average Bonchev–Trinajstić information content (AvgIpc) is 3.45. The van der Waals surface area contributed by atoms with E-state index < -0.39 is 11.4 Å². The zero-order chi connectivity index (χ0) is 21.5. The summed E-state index contributed by atoms with van der Waals surface area (Å²) in [7, 11) is 1.64. The van der Waals surface area contributed by atoms with Crippen molar-refractivity contribution in [3.8, 4) is 22.7 Å². The van der Waals surface area contributed by atoms with Gasteiger partial charge >= 0.3 is 174 Å². The van der Waals surface area contributed by atoms with Crippen LogP contribution in [0.15, 0.2) is 54.6 Å². The summed E-state index contributed by atoms with van der Waals surface area (Å²) in [4.78, 5) is 0. The van der Waals surface area contributed by atoms with E-state index in [2.05, 4.69) is 0 Å². The van der Waals surface area contributed by atoms with Crippen LogP contribution in [0.25, 0.3) is 16.9 Å². The van der Waals surface area contributed by atoms with E-state index in [0.29, 0.717) is 36.4 Å². The molecule has 6 nitrogen and oxygen atoms in total. The molecule has 1 spiro atoms. The van der Waals surface area contributed by atoms with E-state index >= 15 is 0 Å². The summed E-state index contributed by atoms with van der Waals surface area (Å²) in [5, 5.41) is 17.1. The molecule has 0 unspecified atom stereocenters. The number of aromatic nitrogens is 2. The molecule has 164 valence electrons. The normalized spacial score (nSPS) is 26.0. The van der Waals surface area contributed by atoms with Crippen LogP contribution in [0.1, 0.15) is 31.4 Å². The van der Waals surface area contributed by atoms with E-state index in [0.717, 1.165) is 27.3 Å². The van der Waals surface area contributed by atoms with Gasteiger partial charge in [-0.3, -0.25) is 0 Å². The number of hydrogen-bond acceptors (Lipinski definition) is 5. The summed E-state index contributed by atoms with van der Waals surface area (Å²) in [5.41, 5.74) is 2.40. The van der Waals surface area contributed by atoms with E-state index in [1.54, 1.807) is 7.11 Å². The topological polar surface area (TPSA) is 65.7 Å².